The maximum Gasteiger partial charge on any atom is 0.151 e. The van der Waals surface area contributed by atoms with E-state index in [1.807, 2.05) is 12.3 Å². The van der Waals surface area contributed by atoms with Gasteiger partial charge in [0.05, 0.1) is 6.54 Å². The molecule has 0 N–H and O–H groups in total. The number of fused-ring (bicyclic) bond motifs is 1. The van der Waals surface area contributed by atoms with Gasteiger partial charge in [-0.05, 0) is 25.0 Å². The van der Waals surface area contributed by atoms with Crippen molar-refractivity contribution in [1.29, 1.82) is 0 Å². The molecule has 1 aliphatic heterocycles. The lowest BCUT2D eigenvalue weighted by atomic mass is 10.1. The van der Waals surface area contributed by atoms with Gasteiger partial charge in [-0.3, -0.25) is 4.90 Å². The summed E-state index contributed by atoms with van der Waals surface area (Å²) < 4.78 is 19.3. The lowest BCUT2D eigenvalue weighted by molar-refractivity contribution is 0.213. The molecular weight excluding hydrogens is 331 g/mol. The van der Waals surface area contributed by atoms with Crippen molar-refractivity contribution in [3.63, 3.8) is 0 Å². The van der Waals surface area contributed by atoms with Crippen molar-refractivity contribution < 1.29 is 8.91 Å². The fraction of sp³-hybridized carbons (Fsp3) is 0.350. The Bertz CT molecular complexity index is 950. The summed E-state index contributed by atoms with van der Waals surface area (Å²) >= 11 is 0. The third-order valence-corrected chi connectivity index (χ3v) is 5.06. The highest BCUT2D eigenvalue weighted by Crippen LogP contribution is 2.38. The van der Waals surface area contributed by atoms with E-state index in [0.717, 1.165) is 31.1 Å². The number of aromatic nitrogens is 3. The van der Waals surface area contributed by atoms with Gasteiger partial charge in [-0.2, -0.15) is 0 Å². The average Bonchev–Trinajstić information content (AvgIpc) is 3.41. The van der Waals surface area contributed by atoms with E-state index >= 15 is 0 Å². The molecule has 1 fully saturated rings. The van der Waals surface area contributed by atoms with E-state index in [1.165, 1.54) is 30.2 Å². The molecular formula is C20H19FN4O. The topological polar surface area (TPSA) is 55.1 Å². The minimum absolute atomic E-state index is 0.289. The number of halogens is 1. The van der Waals surface area contributed by atoms with Gasteiger partial charge in [-0.15, -0.1) is 0 Å². The van der Waals surface area contributed by atoms with E-state index < -0.39 is 0 Å². The minimum atomic E-state index is -0.289. The molecule has 0 radical (unpaired) electrons. The van der Waals surface area contributed by atoms with Crippen LogP contribution in [0.25, 0.3) is 11.3 Å². The summed E-state index contributed by atoms with van der Waals surface area (Å²) in [4.78, 5) is 11.6. The molecule has 1 aliphatic carbocycles. The zero-order valence-corrected chi connectivity index (χ0v) is 14.4. The third-order valence-electron chi connectivity index (χ3n) is 5.06. The second kappa shape index (κ2) is 6.29. The molecule has 0 spiro atoms. The van der Waals surface area contributed by atoms with Crippen LogP contribution in [0.15, 0.2) is 41.1 Å². The fourth-order valence-electron chi connectivity index (χ4n) is 3.47. The highest BCUT2D eigenvalue weighted by Gasteiger charge is 2.28. The molecule has 26 heavy (non-hydrogen) atoms. The standard InChI is InChI=1S/C20H19FN4O/c21-17-4-2-1-3-16(17)19-9-15(26-24-19)12-25-8-7-18-14(11-25)10-22-20(23-18)13-5-6-13/h1-4,9-10,13H,5-8,11-12H2. The molecule has 0 atom stereocenters. The summed E-state index contributed by atoms with van der Waals surface area (Å²) in [5, 5.41) is 4.03. The zero-order chi connectivity index (χ0) is 17.5. The largest absolute Gasteiger partial charge is 0.359 e. The Morgan fingerprint density at radius 2 is 2.12 bits per heavy atom. The second-order valence-electron chi connectivity index (χ2n) is 7.09. The van der Waals surface area contributed by atoms with Gasteiger partial charge in [0.25, 0.3) is 0 Å². The predicted molar refractivity (Wildman–Crippen MR) is 93.7 cm³/mol. The van der Waals surface area contributed by atoms with Crippen molar-refractivity contribution in [3.05, 3.63) is 65.2 Å². The van der Waals surface area contributed by atoms with Gasteiger partial charge in [-0.25, -0.2) is 14.4 Å². The lowest BCUT2D eigenvalue weighted by Crippen LogP contribution is -2.31. The molecule has 6 heteroatoms. The fourth-order valence-corrected chi connectivity index (χ4v) is 3.47. The van der Waals surface area contributed by atoms with Crippen molar-refractivity contribution in [3.8, 4) is 11.3 Å². The van der Waals surface area contributed by atoms with Crippen LogP contribution in [0.2, 0.25) is 0 Å². The molecule has 0 unspecified atom stereocenters. The molecule has 1 aromatic carbocycles. The van der Waals surface area contributed by atoms with E-state index in [4.69, 9.17) is 9.51 Å². The van der Waals surface area contributed by atoms with Gasteiger partial charge in [0.1, 0.15) is 17.3 Å². The monoisotopic (exact) mass is 350 g/mol. The van der Waals surface area contributed by atoms with E-state index in [0.29, 0.717) is 23.7 Å². The first-order chi connectivity index (χ1) is 12.8. The van der Waals surface area contributed by atoms with Crippen molar-refractivity contribution in [2.24, 2.45) is 0 Å². The highest BCUT2D eigenvalue weighted by atomic mass is 19.1. The predicted octanol–water partition coefficient (Wildman–Crippen LogP) is 3.71. The van der Waals surface area contributed by atoms with Crippen LogP contribution in [0.3, 0.4) is 0 Å². The first-order valence-corrected chi connectivity index (χ1v) is 9.04. The van der Waals surface area contributed by atoms with Crippen LogP contribution in [0, 0.1) is 5.82 Å². The van der Waals surface area contributed by atoms with Crippen LogP contribution in [0.4, 0.5) is 4.39 Å². The zero-order valence-electron chi connectivity index (χ0n) is 14.4. The Balaban J connectivity index is 1.30. The van der Waals surface area contributed by atoms with Gasteiger partial charge in [-0.1, -0.05) is 17.3 Å². The van der Waals surface area contributed by atoms with E-state index in [1.54, 1.807) is 18.2 Å². The molecule has 0 saturated heterocycles. The van der Waals surface area contributed by atoms with E-state index in [-0.39, 0.29) is 5.82 Å². The Hall–Kier alpha value is -2.60. The van der Waals surface area contributed by atoms with E-state index in [9.17, 15) is 4.39 Å². The molecule has 0 bridgehead atoms. The van der Waals surface area contributed by atoms with Crippen molar-refractivity contribution in [2.75, 3.05) is 6.54 Å². The Labute approximate surface area is 150 Å². The van der Waals surface area contributed by atoms with Crippen LogP contribution >= 0.6 is 0 Å². The number of hydrogen-bond donors (Lipinski definition) is 0. The first-order valence-electron chi connectivity index (χ1n) is 9.04. The van der Waals surface area contributed by atoms with Crippen LogP contribution in [-0.2, 0) is 19.5 Å². The number of hydrogen-bond acceptors (Lipinski definition) is 5. The summed E-state index contributed by atoms with van der Waals surface area (Å²) in [6.07, 6.45) is 5.35. The molecule has 3 heterocycles. The van der Waals surface area contributed by atoms with Gasteiger partial charge in [0.2, 0.25) is 0 Å². The number of nitrogens with zero attached hydrogens (tertiary/aromatic N) is 4. The molecule has 2 aliphatic rings. The molecule has 5 rings (SSSR count). The quantitative estimate of drug-likeness (QED) is 0.718. The summed E-state index contributed by atoms with van der Waals surface area (Å²) in [7, 11) is 0. The van der Waals surface area contributed by atoms with Crippen molar-refractivity contribution >= 4 is 0 Å². The number of benzene rings is 1. The van der Waals surface area contributed by atoms with Gasteiger partial charge in [0, 0.05) is 54.5 Å². The number of rotatable bonds is 4. The first kappa shape index (κ1) is 15.6. The molecule has 0 amide bonds. The molecule has 3 aromatic rings. The van der Waals surface area contributed by atoms with Crippen LogP contribution in [0.5, 0.6) is 0 Å². The van der Waals surface area contributed by atoms with Crippen LogP contribution < -0.4 is 0 Å². The average molecular weight is 350 g/mol. The molecule has 2 aromatic heterocycles. The maximum absolute atomic E-state index is 13.9. The Morgan fingerprint density at radius 3 is 2.96 bits per heavy atom. The second-order valence-corrected chi connectivity index (χ2v) is 7.09. The van der Waals surface area contributed by atoms with E-state index in [2.05, 4.69) is 15.0 Å². The maximum atomic E-state index is 13.9. The summed E-state index contributed by atoms with van der Waals surface area (Å²) in [5.41, 5.74) is 3.37. The van der Waals surface area contributed by atoms with Gasteiger partial charge >= 0.3 is 0 Å². The SMILES string of the molecule is Fc1ccccc1-c1cc(CN2CCc3nc(C4CC4)ncc3C2)on1. The summed E-state index contributed by atoms with van der Waals surface area (Å²) in [6.45, 7) is 2.37. The highest BCUT2D eigenvalue weighted by molar-refractivity contribution is 5.59. The van der Waals surface area contributed by atoms with Crippen molar-refractivity contribution in [2.45, 2.75) is 38.3 Å². The molecule has 5 nitrogen and oxygen atoms in total. The van der Waals surface area contributed by atoms with Crippen LogP contribution in [-0.4, -0.2) is 26.6 Å². The lowest BCUT2D eigenvalue weighted by Gasteiger charge is -2.27. The van der Waals surface area contributed by atoms with Gasteiger partial charge in [0.15, 0.2) is 5.76 Å². The Kier molecular flexibility index (Phi) is 3.78. The van der Waals surface area contributed by atoms with Crippen LogP contribution in [0.1, 0.15) is 41.6 Å². The molecule has 1 saturated carbocycles. The third kappa shape index (κ3) is 3.01. The Morgan fingerprint density at radius 1 is 1.23 bits per heavy atom. The summed E-state index contributed by atoms with van der Waals surface area (Å²) in [6, 6.07) is 8.43. The van der Waals surface area contributed by atoms with Crippen molar-refractivity contribution in [1.82, 2.24) is 20.0 Å². The summed E-state index contributed by atoms with van der Waals surface area (Å²) in [5.74, 6) is 2.05. The smallest absolute Gasteiger partial charge is 0.151 e. The normalized spacial score (nSPS) is 17.3. The van der Waals surface area contributed by atoms with Gasteiger partial charge < -0.3 is 4.52 Å². The minimum Gasteiger partial charge on any atom is -0.359 e. The molecule has 132 valence electrons.